The molecule has 0 fully saturated rings. The third-order valence-electron chi connectivity index (χ3n) is 1.29. The van der Waals surface area contributed by atoms with E-state index in [1.165, 1.54) is 0 Å². The van der Waals surface area contributed by atoms with Crippen molar-refractivity contribution < 1.29 is 0 Å². The van der Waals surface area contributed by atoms with Crippen LogP contribution in [0.4, 0.5) is 11.5 Å². The second-order valence-corrected chi connectivity index (χ2v) is 2.11. The van der Waals surface area contributed by atoms with E-state index in [0.717, 1.165) is 18.1 Å². The fraction of sp³-hybridized carbons (Fsp3) is 0.286. The van der Waals surface area contributed by atoms with E-state index in [1.54, 1.807) is 6.20 Å². The molecule has 0 aliphatic heterocycles. The molecular formula is C7H12N4. The molecule has 1 rings (SSSR count). The van der Waals surface area contributed by atoms with Crippen LogP contribution in [0, 0.1) is 0 Å². The zero-order valence-electron chi connectivity index (χ0n) is 6.46. The summed E-state index contributed by atoms with van der Waals surface area (Å²) in [6.45, 7) is 2.90. The van der Waals surface area contributed by atoms with E-state index in [2.05, 4.69) is 15.7 Å². The normalized spacial score (nSPS) is 9.27. The van der Waals surface area contributed by atoms with Gasteiger partial charge in [0.15, 0.2) is 0 Å². The molecule has 0 amide bonds. The monoisotopic (exact) mass is 152 g/mol. The summed E-state index contributed by atoms with van der Waals surface area (Å²) in [7, 11) is 0. The Hall–Kier alpha value is -1.29. The van der Waals surface area contributed by atoms with E-state index < -0.39 is 0 Å². The van der Waals surface area contributed by atoms with Gasteiger partial charge in [0.2, 0.25) is 0 Å². The molecule has 0 spiro atoms. The Kier molecular flexibility index (Phi) is 2.68. The fourth-order valence-electron chi connectivity index (χ4n) is 0.765. The van der Waals surface area contributed by atoms with Gasteiger partial charge in [-0.3, -0.25) is 5.84 Å². The molecule has 0 unspecified atom stereocenters. The first-order valence-electron chi connectivity index (χ1n) is 3.53. The summed E-state index contributed by atoms with van der Waals surface area (Å²) in [5, 5.41) is 3.08. The lowest BCUT2D eigenvalue weighted by molar-refractivity contribution is 1.15. The number of nitrogen functional groups attached to an aromatic ring is 1. The van der Waals surface area contributed by atoms with Crippen LogP contribution in [-0.4, -0.2) is 11.5 Å². The molecule has 0 saturated carbocycles. The summed E-state index contributed by atoms with van der Waals surface area (Å²) in [4.78, 5) is 4.09. The van der Waals surface area contributed by atoms with Gasteiger partial charge >= 0.3 is 0 Å². The van der Waals surface area contributed by atoms with E-state index >= 15 is 0 Å². The maximum atomic E-state index is 5.16. The number of pyridine rings is 1. The van der Waals surface area contributed by atoms with Gasteiger partial charge in [0.05, 0.1) is 11.9 Å². The molecule has 0 bridgehead atoms. The molecule has 0 aliphatic carbocycles. The maximum absolute atomic E-state index is 5.16. The first kappa shape index (κ1) is 7.81. The second kappa shape index (κ2) is 3.78. The molecule has 1 aromatic heterocycles. The van der Waals surface area contributed by atoms with Crippen molar-refractivity contribution in [2.24, 2.45) is 5.84 Å². The molecule has 0 radical (unpaired) electrons. The highest BCUT2D eigenvalue weighted by molar-refractivity contribution is 5.46. The van der Waals surface area contributed by atoms with Crippen LogP contribution in [0.25, 0.3) is 0 Å². The first-order chi connectivity index (χ1) is 5.36. The number of aromatic nitrogens is 1. The van der Waals surface area contributed by atoms with Crippen LogP contribution >= 0.6 is 0 Å². The second-order valence-electron chi connectivity index (χ2n) is 2.11. The average Bonchev–Trinajstić information content (AvgIpc) is 2.07. The Bertz CT molecular complexity index is 206. The van der Waals surface area contributed by atoms with Crippen molar-refractivity contribution in [1.82, 2.24) is 4.98 Å². The standard InChI is InChI=1S/C7H12N4/c1-2-9-7-4-3-6(11-8)5-10-7/h3-5,11H,2,8H2,1H3,(H,9,10). The Morgan fingerprint density at radius 3 is 2.82 bits per heavy atom. The molecular weight excluding hydrogens is 140 g/mol. The third kappa shape index (κ3) is 2.09. The van der Waals surface area contributed by atoms with Crippen molar-refractivity contribution >= 4 is 11.5 Å². The summed E-state index contributed by atoms with van der Waals surface area (Å²) >= 11 is 0. The van der Waals surface area contributed by atoms with E-state index in [-0.39, 0.29) is 0 Å². The van der Waals surface area contributed by atoms with Crippen LogP contribution in [0.1, 0.15) is 6.92 Å². The van der Waals surface area contributed by atoms with Gasteiger partial charge < -0.3 is 10.7 Å². The number of anilines is 2. The lowest BCUT2D eigenvalue weighted by Gasteiger charge is -2.02. The molecule has 4 N–H and O–H groups in total. The zero-order chi connectivity index (χ0) is 8.10. The van der Waals surface area contributed by atoms with Crippen molar-refractivity contribution in [3.63, 3.8) is 0 Å². The lowest BCUT2D eigenvalue weighted by Crippen LogP contribution is -2.07. The Morgan fingerprint density at radius 1 is 1.55 bits per heavy atom. The Balaban J connectivity index is 2.66. The molecule has 0 aromatic carbocycles. The molecule has 60 valence electrons. The summed E-state index contributed by atoms with van der Waals surface area (Å²) in [5.41, 5.74) is 3.32. The maximum Gasteiger partial charge on any atom is 0.126 e. The summed E-state index contributed by atoms with van der Waals surface area (Å²) < 4.78 is 0. The number of hydrazine groups is 1. The fourth-order valence-corrected chi connectivity index (χ4v) is 0.765. The van der Waals surface area contributed by atoms with Gasteiger partial charge in [-0.1, -0.05) is 0 Å². The van der Waals surface area contributed by atoms with Crippen LogP contribution in [0.3, 0.4) is 0 Å². The zero-order valence-corrected chi connectivity index (χ0v) is 6.46. The van der Waals surface area contributed by atoms with Crippen LogP contribution < -0.4 is 16.6 Å². The minimum Gasteiger partial charge on any atom is -0.370 e. The molecule has 11 heavy (non-hydrogen) atoms. The number of nitrogens with zero attached hydrogens (tertiary/aromatic N) is 1. The summed E-state index contributed by atoms with van der Waals surface area (Å²) in [5.74, 6) is 6.03. The highest BCUT2D eigenvalue weighted by Gasteiger charge is 1.90. The van der Waals surface area contributed by atoms with Crippen LogP contribution in [0.2, 0.25) is 0 Å². The first-order valence-corrected chi connectivity index (χ1v) is 3.53. The molecule has 4 nitrogen and oxygen atoms in total. The van der Waals surface area contributed by atoms with E-state index in [0.29, 0.717) is 0 Å². The highest BCUT2D eigenvalue weighted by Crippen LogP contribution is 2.06. The number of nitrogens with one attached hydrogen (secondary N) is 2. The Labute approximate surface area is 65.8 Å². The number of hydrogen-bond donors (Lipinski definition) is 3. The van der Waals surface area contributed by atoms with Crippen LogP contribution in [0.15, 0.2) is 18.3 Å². The minimum absolute atomic E-state index is 0.812. The van der Waals surface area contributed by atoms with Crippen molar-refractivity contribution in [3.05, 3.63) is 18.3 Å². The molecule has 4 heteroatoms. The summed E-state index contributed by atoms with van der Waals surface area (Å²) in [6, 6.07) is 3.74. The van der Waals surface area contributed by atoms with Crippen LogP contribution in [-0.2, 0) is 0 Å². The molecule has 1 heterocycles. The average molecular weight is 152 g/mol. The molecule has 1 aromatic rings. The quantitative estimate of drug-likeness (QED) is 0.443. The van der Waals surface area contributed by atoms with Crippen molar-refractivity contribution in [3.8, 4) is 0 Å². The molecule has 0 atom stereocenters. The van der Waals surface area contributed by atoms with Gasteiger partial charge in [0.25, 0.3) is 0 Å². The smallest absolute Gasteiger partial charge is 0.126 e. The molecule has 0 aliphatic rings. The Morgan fingerprint density at radius 2 is 2.36 bits per heavy atom. The summed E-state index contributed by atoms with van der Waals surface area (Å²) in [6.07, 6.45) is 1.68. The van der Waals surface area contributed by atoms with Crippen LogP contribution in [0.5, 0.6) is 0 Å². The predicted molar refractivity (Wildman–Crippen MR) is 46.2 cm³/mol. The van der Waals surface area contributed by atoms with Gasteiger partial charge in [-0.2, -0.15) is 0 Å². The largest absolute Gasteiger partial charge is 0.370 e. The van der Waals surface area contributed by atoms with E-state index in [4.69, 9.17) is 5.84 Å². The van der Waals surface area contributed by atoms with E-state index in [1.807, 2.05) is 19.1 Å². The van der Waals surface area contributed by atoms with Gasteiger partial charge in [0.1, 0.15) is 5.82 Å². The van der Waals surface area contributed by atoms with Gasteiger partial charge in [-0.15, -0.1) is 0 Å². The molecule has 0 saturated heterocycles. The van der Waals surface area contributed by atoms with Gasteiger partial charge in [-0.05, 0) is 19.1 Å². The van der Waals surface area contributed by atoms with Crippen molar-refractivity contribution in [2.45, 2.75) is 6.92 Å². The lowest BCUT2D eigenvalue weighted by atomic mass is 10.4. The van der Waals surface area contributed by atoms with Crippen molar-refractivity contribution in [2.75, 3.05) is 17.3 Å². The van der Waals surface area contributed by atoms with E-state index in [9.17, 15) is 0 Å². The predicted octanol–water partition coefficient (Wildman–Crippen LogP) is 0.799. The van der Waals surface area contributed by atoms with Gasteiger partial charge in [-0.25, -0.2) is 4.98 Å². The number of hydrogen-bond acceptors (Lipinski definition) is 4. The SMILES string of the molecule is CCNc1ccc(NN)cn1. The highest BCUT2D eigenvalue weighted by atomic mass is 15.2. The number of rotatable bonds is 3. The minimum atomic E-state index is 0.812. The number of nitrogens with two attached hydrogens (primary N) is 1. The topological polar surface area (TPSA) is 63.0 Å². The van der Waals surface area contributed by atoms with Gasteiger partial charge in [0, 0.05) is 6.54 Å². The third-order valence-corrected chi connectivity index (χ3v) is 1.29. The van der Waals surface area contributed by atoms with Crippen molar-refractivity contribution in [1.29, 1.82) is 0 Å².